The summed E-state index contributed by atoms with van der Waals surface area (Å²) in [5.41, 5.74) is 2.27. The number of halogens is 2. The van der Waals surface area contributed by atoms with Crippen molar-refractivity contribution >= 4 is 27.5 Å². The first-order chi connectivity index (χ1) is 9.11. The van der Waals surface area contributed by atoms with E-state index in [4.69, 9.17) is 0 Å². The van der Waals surface area contributed by atoms with Crippen molar-refractivity contribution in [3.05, 3.63) is 63.9 Å². The number of benzene rings is 2. The van der Waals surface area contributed by atoms with Gasteiger partial charge < -0.3 is 5.32 Å². The predicted octanol–water partition coefficient (Wildman–Crippen LogP) is 4.40. The number of carbonyl (C=O) groups excluding carboxylic acids is 1. The Labute approximate surface area is 119 Å². The van der Waals surface area contributed by atoms with Gasteiger partial charge in [-0.2, -0.15) is 0 Å². The third-order valence-electron chi connectivity index (χ3n) is 2.83. The molecule has 0 radical (unpaired) electrons. The van der Waals surface area contributed by atoms with Crippen LogP contribution in [-0.2, 0) is 6.42 Å². The molecule has 0 aromatic heterocycles. The quantitative estimate of drug-likeness (QED) is 0.891. The van der Waals surface area contributed by atoms with E-state index in [0.717, 1.165) is 17.7 Å². The van der Waals surface area contributed by atoms with E-state index in [2.05, 4.69) is 21.2 Å². The van der Waals surface area contributed by atoms with E-state index in [0.29, 0.717) is 5.56 Å². The summed E-state index contributed by atoms with van der Waals surface area (Å²) in [6, 6.07) is 11.8. The van der Waals surface area contributed by atoms with Gasteiger partial charge >= 0.3 is 0 Å². The van der Waals surface area contributed by atoms with Crippen LogP contribution >= 0.6 is 15.9 Å². The van der Waals surface area contributed by atoms with Gasteiger partial charge in [-0.1, -0.05) is 25.1 Å². The normalized spacial score (nSPS) is 10.3. The Balaban J connectivity index is 2.23. The first-order valence-corrected chi connectivity index (χ1v) is 6.75. The lowest BCUT2D eigenvalue weighted by molar-refractivity contribution is 0.102. The Kier molecular flexibility index (Phi) is 4.32. The molecular formula is C15H13BrFNO. The van der Waals surface area contributed by atoms with Crippen molar-refractivity contribution in [2.45, 2.75) is 13.3 Å². The van der Waals surface area contributed by atoms with Crippen molar-refractivity contribution in [2.24, 2.45) is 0 Å². The molecule has 2 aromatic carbocycles. The van der Waals surface area contributed by atoms with E-state index in [9.17, 15) is 9.18 Å². The minimum Gasteiger partial charge on any atom is -0.322 e. The zero-order valence-electron chi connectivity index (χ0n) is 10.4. The summed E-state index contributed by atoms with van der Waals surface area (Å²) < 4.78 is 13.4. The third-order valence-corrected chi connectivity index (χ3v) is 3.44. The molecule has 0 saturated heterocycles. The highest BCUT2D eigenvalue weighted by atomic mass is 79.9. The fourth-order valence-corrected chi connectivity index (χ4v) is 2.16. The molecule has 19 heavy (non-hydrogen) atoms. The Morgan fingerprint density at radius 1 is 1.26 bits per heavy atom. The summed E-state index contributed by atoms with van der Waals surface area (Å²) in [6.07, 6.45) is 0.837. The van der Waals surface area contributed by atoms with E-state index in [1.165, 1.54) is 18.2 Å². The minimum atomic E-state index is -0.384. The molecule has 0 saturated carbocycles. The average molecular weight is 322 g/mol. The number of aryl methyl sites for hydroxylation is 1. The average Bonchev–Trinajstić information content (AvgIpc) is 2.42. The topological polar surface area (TPSA) is 29.1 Å². The zero-order valence-corrected chi connectivity index (χ0v) is 12.0. The molecule has 0 heterocycles. The van der Waals surface area contributed by atoms with Crippen molar-refractivity contribution in [2.75, 3.05) is 5.32 Å². The van der Waals surface area contributed by atoms with E-state index >= 15 is 0 Å². The lowest BCUT2D eigenvalue weighted by Gasteiger charge is -2.10. The fourth-order valence-electron chi connectivity index (χ4n) is 1.78. The largest absolute Gasteiger partial charge is 0.322 e. The number of anilines is 1. The molecule has 0 unspecified atom stereocenters. The van der Waals surface area contributed by atoms with Gasteiger partial charge in [0, 0.05) is 11.3 Å². The van der Waals surface area contributed by atoms with Gasteiger partial charge in [-0.3, -0.25) is 4.79 Å². The smallest absolute Gasteiger partial charge is 0.255 e. The zero-order chi connectivity index (χ0) is 13.8. The highest BCUT2D eigenvalue weighted by molar-refractivity contribution is 9.10. The molecule has 2 nitrogen and oxygen atoms in total. The molecule has 2 rings (SSSR count). The predicted molar refractivity (Wildman–Crippen MR) is 77.9 cm³/mol. The van der Waals surface area contributed by atoms with Crippen LogP contribution in [0.3, 0.4) is 0 Å². The van der Waals surface area contributed by atoms with Crippen LogP contribution in [0.4, 0.5) is 10.1 Å². The SMILES string of the molecule is CCc1ccccc1NC(=O)c1ccc(F)c(Br)c1. The van der Waals surface area contributed by atoms with Gasteiger partial charge in [-0.25, -0.2) is 4.39 Å². The first-order valence-electron chi connectivity index (χ1n) is 5.96. The van der Waals surface area contributed by atoms with Crippen molar-refractivity contribution in [3.63, 3.8) is 0 Å². The van der Waals surface area contributed by atoms with Gasteiger partial charge in [0.1, 0.15) is 5.82 Å². The van der Waals surface area contributed by atoms with Crippen LogP contribution in [0.15, 0.2) is 46.9 Å². The summed E-state index contributed by atoms with van der Waals surface area (Å²) in [6.45, 7) is 2.03. The van der Waals surface area contributed by atoms with Gasteiger partial charge in [-0.05, 0) is 52.2 Å². The van der Waals surface area contributed by atoms with Crippen LogP contribution in [0.25, 0.3) is 0 Å². The number of amides is 1. The maximum atomic E-state index is 13.1. The standard InChI is InChI=1S/C15H13BrFNO/c1-2-10-5-3-4-6-14(10)18-15(19)11-7-8-13(17)12(16)9-11/h3-9H,2H2,1H3,(H,18,19). The van der Waals surface area contributed by atoms with Crippen LogP contribution in [0.1, 0.15) is 22.8 Å². The van der Waals surface area contributed by atoms with Crippen molar-refractivity contribution in [1.82, 2.24) is 0 Å². The number of carbonyl (C=O) groups is 1. The van der Waals surface area contributed by atoms with Crippen LogP contribution in [-0.4, -0.2) is 5.91 Å². The lowest BCUT2D eigenvalue weighted by atomic mass is 10.1. The van der Waals surface area contributed by atoms with E-state index in [-0.39, 0.29) is 16.2 Å². The summed E-state index contributed by atoms with van der Waals surface area (Å²) in [5.74, 6) is -0.632. The molecule has 2 aromatic rings. The van der Waals surface area contributed by atoms with Crippen LogP contribution in [0.5, 0.6) is 0 Å². The van der Waals surface area contributed by atoms with Crippen molar-refractivity contribution in [3.8, 4) is 0 Å². The van der Waals surface area contributed by atoms with Gasteiger partial charge in [0.2, 0.25) is 0 Å². The number of nitrogens with one attached hydrogen (secondary N) is 1. The second kappa shape index (κ2) is 5.97. The Morgan fingerprint density at radius 2 is 2.00 bits per heavy atom. The van der Waals surface area contributed by atoms with E-state index in [1.807, 2.05) is 31.2 Å². The summed E-state index contributed by atoms with van der Waals surface area (Å²) in [4.78, 5) is 12.1. The van der Waals surface area contributed by atoms with E-state index in [1.54, 1.807) is 0 Å². The van der Waals surface area contributed by atoms with Crippen LogP contribution < -0.4 is 5.32 Å². The number of rotatable bonds is 3. The van der Waals surface area contributed by atoms with Gasteiger partial charge in [0.05, 0.1) is 4.47 Å². The second-order valence-corrected chi connectivity index (χ2v) is 4.95. The van der Waals surface area contributed by atoms with Crippen LogP contribution in [0.2, 0.25) is 0 Å². The third kappa shape index (κ3) is 3.20. The van der Waals surface area contributed by atoms with Crippen LogP contribution in [0, 0.1) is 5.82 Å². The fraction of sp³-hybridized carbons (Fsp3) is 0.133. The Hall–Kier alpha value is -1.68. The van der Waals surface area contributed by atoms with Crippen molar-refractivity contribution < 1.29 is 9.18 Å². The number of hydrogen-bond donors (Lipinski definition) is 1. The maximum Gasteiger partial charge on any atom is 0.255 e. The Bertz CT molecular complexity index is 613. The molecule has 0 fully saturated rings. The molecule has 0 aliphatic rings. The molecular weight excluding hydrogens is 309 g/mol. The molecule has 0 aliphatic heterocycles. The number of para-hydroxylation sites is 1. The summed E-state index contributed by atoms with van der Waals surface area (Å²) in [7, 11) is 0. The number of hydrogen-bond acceptors (Lipinski definition) is 1. The monoisotopic (exact) mass is 321 g/mol. The second-order valence-electron chi connectivity index (χ2n) is 4.09. The lowest BCUT2D eigenvalue weighted by Crippen LogP contribution is -2.13. The maximum absolute atomic E-state index is 13.1. The molecule has 4 heteroatoms. The molecule has 0 aliphatic carbocycles. The Morgan fingerprint density at radius 3 is 2.68 bits per heavy atom. The highest BCUT2D eigenvalue weighted by Gasteiger charge is 2.10. The molecule has 98 valence electrons. The summed E-state index contributed by atoms with van der Waals surface area (Å²) >= 11 is 3.07. The van der Waals surface area contributed by atoms with Gasteiger partial charge in [-0.15, -0.1) is 0 Å². The first kappa shape index (κ1) is 13.7. The van der Waals surface area contributed by atoms with Gasteiger partial charge in [0.15, 0.2) is 0 Å². The summed E-state index contributed by atoms with van der Waals surface area (Å²) in [5, 5.41) is 2.84. The molecule has 0 spiro atoms. The molecule has 1 N–H and O–H groups in total. The van der Waals surface area contributed by atoms with E-state index < -0.39 is 0 Å². The molecule has 0 atom stereocenters. The minimum absolute atomic E-state index is 0.249. The van der Waals surface area contributed by atoms with Gasteiger partial charge in [0.25, 0.3) is 5.91 Å². The highest BCUT2D eigenvalue weighted by Crippen LogP contribution is 2.20. The molecule has 0 bridgehead atoms. The molecule has 1 amide bonds. The van der Waals surface area contributed by atoms with Crippen molar-refractivity contribution in [1.29, 1.82) is 0 Å².